The van der Waals surface area contributed by atoms with Gasteiger partial charge in [0.1, 0.15) is 5.75 Å². The van der Waals surface area contributed by atoms with Gasteiger partial charge in [-0.1, -0.05) is 26.0 Å². The lowest BCUT2D eigenvalue weighted by Gasteiger charge is -2.28. The van der Waals surface area contributed by atoms with Crippen LogP contribution in [-0.2, 0) is 0 Å². The molecule has 0 saturated heterocycles. The molecule has 0 saturated carbocycles. The SMILES string of the molecule is CCOc1ccc(C(O)C(NCCCO)C(C)C)cc1. The van der Waals surface area contributed by atoms with Gasteiger partial charge in [0, 0.05) is 12.6 Å². The Labute approximate surface area is 121 Å². The summed E-state index contributed by atoms with van der Waals surface area (Å²) < 4.78 is 5.40. The molecule has 0 aliphatic rings. The average molecular weight is 281 g/mol. The zero-order valence-electron chi connectivity index (χ0n) is 12.7. The van der Waals surface area contributed by atoms with Gasteiger partial charge < -0.3 is 20.3 Å². The molecular formula is C16H27NO3. The van der Waals surface area contributed by atoms with Gasteiger partial charge in [-0.3, -0.25) is 0 Å². The zero-order chi connectivity index (χ0) is 15.0. The van der Waals surface area contributed by atoms with Crippen molar-refractivity contribution >= 4 is 0 Å². The number of hydrogen-bond acceptors (Lipinski definition) is 4. The van der Waals surface area contributed by atoms with Gasteiger partial charge in [-0.15, -0.1) is 0 Å². The second-order valence-electron chi connectivity index (χ2n) is 5.25. The summed E-state index contributed by atoms with van der Waals surface area (Å²) in [6.07, 6.45) is 0.128. The van der Waals surface area contributed by atoms with Gasteiger partial charge in [0.2, 0.25) is 0 Å². The van der Waals surface area contributed by atoms with E-state index in [9.17, 15) is 5.11 Å². The summed E-state index contributed by atoms with van der Waals surface area (Å²) in [6, 6.07) is 7.54. The average Bonchev–Trinajstić information content (AvgIpc) is 2.44. The van der Waals surface area contributed by atoms with E-state index in [0.29, 0.717) is 25.5 Å². The Morgan fingerprint density at radius 2 is 1.85 bits per heavy atom. The topological polar surface area (TPSA) is 61.7 Å². The van der Waals surface area contributed by atoms with Gasteiger partial charge in [0.05, 0.1) is 12.7 Å². The Hall–Kier alpha value is -1.10. The Bertz CT molecular complexity index is 364. The van der Waals surface area contributed by atoms with Gasteiger partial charge in [-0.25, -0.2) is 0 Å². The minimum Gasteiger partial charge on any atom is -0.494 e. The second kappa shape index (κ2) is 8.95. The predicted octanol–water partition coefficient (Wildman–Crippen LogP) is 2.12. The largest absolute Gasteiger partial charge is 0.494 e. The van der Waals surface area contributed by atoms with Crippen molar-refractivity contribution in [3.63, 3.8) is 0 Å². The molecule has 0 bridgehead atoms. The lowest BCUT2D eigenvalue weighted by molar-refractivity contribution is 0.104. The molecule has 0 aliphatic heterocycles. The first-order chi connectivity index (χ1) is 9.60. The molecule has 2 atom stereocenters. The fourth-order valence-electron chi connectivity index (χ4n) is 2.19. The van der Waals surface area contributed by atoms with E-state index in [4.69, 9.17) is 9.84 Å². The van der Waals surface area contributed by atoms with Gasteiger partial charge in [-0.2, -0.15) is 0 Å². The van der Waals surface area contributed by atoms with Crippen LogP contribution in [0.15, 0.2) is 24.3 Å². The Balaban J connectivity index is 2.69. The van der Waals surface area contributed by atoms with Crippen molar-refractivity contribution in [2.24, 2.45) is 5.92 Å². The second-order valence-corrected chi connectivity index (χ2v) is 5.25. The minimum absolute atomic E-state index is 0.0282. The number of rotatable bonds is 9. The molecule has 2 unspecified atom stereocenters. The van der Waals surface area contributed by atoms with Crippen LogP contribution in [0.4, 0.5) is 0 Å². The minimum atomic E-state index is -0.565. The van der Waals surface area contributed by atoms with Crippen molar-refractivity contribution in [1.82, 2.24) is 5.32 Å². The van der Waals surface area contributed by atoms with E-state index in [-0.39, 0.29) is 12.6 Å². The first kappa shape index (κ1) is 17.0. The summed E-state index contributed by atoms with van der Waals surface area (Å²) in [4.78, 5) is 0. The van der Waals surface area contributed by atoms with Gasteiger partial charge in [-0.05, 0) is 43.5 Å². The van der Waals surface area contributed by atoms with Crippen LogP contribution in [0, 0.1) is 5.92 Å². The van der Waals surface area contributed by atoms with Crippen LogP contribution >= 0.6 is 0 Å². The maximum absolute atomic E-state index is 10.5. The van der Waals surface area contributed by atoms with Crippen LogP contribution < -0.4 is 10.1 Å². The van der Waals surface area contributed by atoms with Crippen LogP contribution in [0.1, 0.15) is 38.9 Å². The normalized spacial score (nSPS) is 14.3. The summed E-state index contributed by atoms with van der Waals surface area (Å²) in [6.45, 7) is 7.61. The van der Waals surface area contributed by atoms with E-state index in [1.54, 1.807) is 0 Å². The summed E-state index contributed by atoms with van der Waals surface area (Å²) in [5.41, 5.74) is 0.878. The third-order valence-corrected chi connectivity index (χ3v) is 3.31. The molecule has 0 spiro atoms. The highest BCUT2D eigenvalue weighted by Crippen LogP contribution is 2.24. The summed E-state index contributed by atoms with van der Waals surface area (Å²) in [7, 11) is 0. The van der Waals surface area contributed by atoms with E-state index < -0.39 is 6.10 Å². The van der Waals surface area contributed by atoms with Gasteiger partial charge >= 0.3 is 0 Å². The first-order valence-corrected chi connectivity index (χ1v) is 7.35. The zero-order valence-corrected chi connectivity index (χ0v) is 12.7. The van der Waals surface area contributed by atoms with Crippen LogP contribution in [0.3, 0.4) is 0 Å². The fraction of sp³-hybridized carbons (Fsp3) is 0.625. The smallest absolute Gasteiger partial charge is 0.119 e. The lowest BCUT2D eigenvalue weighted by atomic mass is 9.93. The Morgan fingerprint density at radius 1 is 1.20 bits per heavy atom. The molecule has 20 heavy (non-hydrogen) atoms. The highest BCUT2D eigenvalue weighted by atomic mass is 16.5. The van der Waals surface area contributed by atoms with Crippen molar-refractivity contribution in [1.29, 1.82) is 0 Å². The van der Waals surface area contributed by atoms with Gasteiger partial charge in [0.15, 0.2) is 0 Å². The standard InChI is InChI=1S/C16H27NO3/c1-4-20-14-8-6-13(7-9-14)16(19)15(12(2)3)17-10-5-11-18/h6-9,12,15-19H,4-5,10-11H2,1-3H3. The maximum Gasteiger partial charge on any atom is 0.119 e. The van der Waals surface area contributed by atoms with E-state index in [2.05, 4.69) is 19.2 Å². The van der Waals surface area contributed by atoms with E-state index in [1.807, 2.05) is 31.2 Å². The van der Waals surface area contributed by atoms with Gasteiger partial charge in [0.25, 0.3) is 0 Å². The van der Waals surface area contributed by atoms with Crippen LogP contribution in [-0.4, -0.2) is 36.0 Å². The number of aliphatic hydroxyl groups excluding tert-OH is 2. The van der Waals surface area contributed by atoms with Crippen molar-refractivity contribution in [2.45, 2.75) is 39.3 Å². The molecule has 4 heteroatoms. The predicted molar refractivity (Wildman–Crippen MR) is 80.9 cm³/mol. The molecule has 0 aliphatic carbocycles. The van der Waals surface area contributed by atoms with Crippen LogP contribution in [0.5, 0.6) is 5.75 Å². The van der Waals surface area contributed by atoms with Crippen molar-refractivity contribution < 1.29 is 14.9 Å². The molecule has 0 aromatic heterocycles. The molecule has 3 N–H and O–H groups in total. The van der Waals surface area contributed by atoms with Crippen molar-refractivity contribution in [2.75, 3.05) is 19.8 Å². The Kier molecular flexibility index (Phi) is 7.59. The monoisotopic (exact) mass is 281 g/mol. The molecule has 1 rings (SSSR count). The van der Waals surface area contributed by atoms with Crippen molar-refractivity contribution in [3.8, 4) is 5.75 Å². The third kappa shape index (κ3) is 5.12. The highest BCUT2D eigenvalue weighted by Gasteiger charge is 2.23. The number of aliphatic hydroxyl groups is 2. The first-order valence-electron chi connectivity index (χ1n) is 7.35. The molecule has 0 radical (unpaired) electrons. The number of ether oxygens (including phenoxy) is 1. The highest BCUT2D eigenvalue weighted by molar-refractivity contribution is 5.29. The quantitative estimate of drug-likeness (QED) is 0.607. The molecule has 4 nitrogen and oxygen atoms in total. The molecule has 1 aromatic rings. The van der Waals surface area contributed by atoms with Crippen molar-refractivity contribution in [3.05, 3.63) is 29.8 Å². The molecule has 114 valence electrons. The molecule has 0 fully saturated rings. The fourth-order valence-corrected chi connectivity index (χ4v) is 2.19. The lowest BCUT2D eigenvalue weighted by Crippen LogP contribution is -2.40. The molecular weight excluding hydrogens is 254 g/mol. The van der Waals surface area contributed by atoms with Crippen LogP contribution in [0.2, 0.25) is 0 Å². The summed E-state index contributed by atoms with van der Waals surface area (Å²) in [5.74, 6) is 1.12. The van der Waals surface area contributed by atoms with Crippen LogP contribution in [0.25, 0.3) is 0 Å². The maximum atomic E-state index is 10.5. The molecule has 1 aromatic carbocycles. The molecule has 0 heterocycles. The Morgan fingerprint density at radius 3 is 2.35 bits per heavy atom. The summed E-state index contributed by atoms with van der Waals surface area (Å²) >= 11 is 0. The van der Waals surface area contributed by atoms with E-state index >= 15 is 0 Å². The number of nitrogens with one attached hydrogen (secondary N) is 1. The summed E-state index contributed by atoms with van der Waals surface area (Å²) in [5, 5.41) is 22.7. The van der Waals surface area contributed by atoms with E-state index in [1.165, 1.54) is 0 Å². The molecule has 0 amide bonds. The number of benzene rings is 1. The number of hydrogen-bond donors (Lipinski definition) is 3. The van der Waals surface area contributed by atoms with E-state index in [0.717, 1.165) is 11.3 Å². The third-order valence-electron chi connectivity index (χ3n) is 3.31.